The van der Waals surface area contributed by atoms with Crippen molar-refractivity contribution in [2.24, 2.45) is 5.92 Å². The maximum absolute atomic E-state index is 11.5. The Bertz CT molecular complexity index is 456. The molecule has 0 unspecified atom stereocenters. The molecule has 19 heavy (non-hydrogen) atoms. The summed E-state index contributed by atoms with van der Waals surface area (Å²) in [6.07, 6.45) is 1.63. The summed E-state index contributed by atoms with van der Waals surface area (Å²) in [5, 5.41) is 0.607. The van der Waals surface area contributed by atoms with Gasteiger partial charge in [0.05, 0.1) is 25.2 Å². The topological polar surface area (TPSA) is 38.8 Å². The number of carbonyl (C=O) groups excluding carboxylic acids is 1. The summed E-state index contributed by atoms with van der Waals surface area (Å²) < 4.78 is 10.0. The summed E-state index contributed by atoms with van der Waals surface area (Å²) >= 11 is 6.01. The fraction of sp³-hybridized carbons (Fsp3) is 0.500. The van der Waals surface area contributed by atoms with Crippen LogP contribution < -0.4 is 9.64 Å². The van der Waals surface area contributed by atoms with Gasteiger partial charge in [0, 0.05) is 24.8 Å². The van der Waals surface area contributed by atoms with Crippen molar-refractivity contribution >= 4 is 23.3 Å². The van der Waals surface area contributed by atoms with E-state index in [9.17, 15) is 4.79 Å². The Balaban J connectivity index is 2.03. The van der Waals surface area contributed by atoms with Gasteiger partial charge in [-0.1, -0.05) is 11.6 Å². The number of ether oxygens (including phenoxy) is 2. The maximum Gasteiger partial charge on any atom is 0.308 e. The maximum atomic E-state index is 11.5. The number of benzene rings is 1. The Morgan fingerprint density at radius 2 is 2.00 bits per heavy atom. The first-order valence-electron chi connectivity index (χ1n) is 6.32. The van der Waals surface area contributed by atoms with Crippen molar-refractivity contribution in [1.29, 1.82) is 0 Å². The number of halogens is 1. The number of hydrogen-bond donors (Lipinski definition) is 0. The number of rotatable bonds is 3. The van der Waals surface area contributed by atoms with E-state index < -0.39 is 0 Å². The summed E-state index contributed by atoms with van der Waals surface area (Å²) in [7, 11) is 3.05. The lowest BCUT2D eigenvalue weighted by Gasteiger charge is -2.32. The van der Waals surface area contributed by atoms with Crippen molar-refractivity contribution in [3.05, 3.63) is 23.2 Å². The molecule has 1 aromatic rings. The lowest BCUT2D eigenvalue weighted by atomic mass is 9.96. The molecule has 0 N–H and O–H groups in total. The normalized spacial score (nSPS) is 16.3. The first-order chi connectivity index (χ1) is 9.15. The Kier molecular flexibility index (Phi) is 4.53. The second-order valence-electron chi connectivity index (χ2n) is 4.60. The zero-order valence-electron chi connectivity index (χ0n) is 11.2. The van der Waals surface area contributed by atoms with Gasteiger partial charge in [0.25, 0.3) is 0 Å². The van der Waals surface area contributed by atoms with Gasteiger partial charge in [-0.3, -0.25) is 4.79 Å². The molecule has 0 radical (unpaired) electrons. The third kappa shape index (κ3) is 3.13. The Labute approximate surface area is 118 Å². The molecule has 2 rings (SSSR count). The van der Waals surface area contributed by atoms with Gasteiger partial charge >= 0.3 is 5.97 Å². The second kappa shape index (κ2) is 6.15. The lowest BCUT2D eigenvalue weighted by Crippen LogP contribution is -2.36. The van der Waals surface area contributed by atoms with Gasteiger partial charge < -0.3 is 14.4 Å². The minimum absolute atomic E-state index is 0.0236. The number of methoxy groups -OCH3 is 2. The van der Waals surface area contributed by atoms with Crippen LogP contribution in [0.3, 0.4) is 0 Å². The lowest BCUT2D eigenvalue weighted by molar-refractivity contribution is -0.146. The monoisotopic (exact) mass is 283 g/mol. The standard InChI is InChI=1S/C14H18ClNO3/c1-18-13-9-11(3-4-12(13)15)16-7-5-10(6-8-16)14(17)19-2/h3-4,9-10H,5-8H2,1-2H3. The van der Waals surface area contributed by atoms with Gasteiger partial charge in [-0.15, -0.1) is 0 Å². The first kappa shape index (κ1) is 14.0. The zero-order valence-corrected chi connectivity index (χ0v) is 11.9. The second-order valence-corrected chi connectivity index (χ2v) is 5.01. The molecule has 1 heterocycles. The van der Waals surface area contributed by atoms with Crippen molar-refractivity contribution in [3.8, 4) is 5.75 Å². The Morgan fingerprint density at radius 3 is 2.58 bits per heavy atom. The minimum atomic E-state index is -0.103. The SMILES string of the molecule is COC(=O)C1CCN(c2ccc(Cl)c(OC)c2)CC1. The van der Waals surface area contributed by atoms with Crippen LogP contribution in [0.1, 0.15) is 12.8 Å². The highest BCUT2D eigenvalue weighted by Crippen LogP contribution is 2.31. The molecule has 5 heteroatoms. The van der Waals surface area contributed by atoms with E-state index in [1.54, 1.807) is 7.11 Å². The number of anilines is 1. The molecule has 1 aliphatic heterocycles. The van der Waals surface area contributed by atoms with Crippen LogP contribution in [0.2, 0.25) is 5.02 Å². The van der Waals surface area contributed by atoms with Crippen molar-refractivity contribution in [1.82, 2.24) is 0 Å². The fourth-order valence-corrected chi connectivity index (χ4v) is 2.58. The molecule has 0 atom stereocenters. The van der Waals surface area contributed by atoms with Crippen LogP contribution in [-0.2, 0) is 9.53 Å². The van der Waals surface area contributed by atoms with Crippen LogP contribution in [-0.4, -0.2) is 33.3 Å². The summed E-state index contributed by atoms with van der Waals surface area (Å²) in [5.41, 5.74) is 1.07. The molecule has 1 aliphatic rings. The molecule has 1 fully saturated rings. The summed E-state index contributed by atoms with van der Waals surface area (Å²) in [6, 6.07) is 5.74. The van der Waals surface area contributed by atoms with E-state index in [2.05, 4.69) is 4.90 Å². The largest absolute Gasteiger partial charge is 0.495 e. The molecule has 0 aromatic heterocycles. The number of hydrogen-bond acceptors (Lipinski definition) is 4. The van der Waals surface area contributed by atoms with Crippen LogP contribution in [0.5, 0.6) is 5.75 Å². The Hall–Kier alpha value is -1.42. The number of piperidine rings is 1. The van der Waals surface area contributed by atoms with E-state index in [-0.39, 0.29) is 11.9 Å². The van der Waals surface area contributed by atoms with Crippen molar-refractivity contribution in [2.75, 3.05) is 32.2 Å². The van der Waals surface area contributed by atoms with E-state index >= 15 is 0 Å². The first-order valence-corrected chi connectivity index (χ1v) is 6.70. The highest BCUT2D eigenvalue weighted by molar-refractivity contribution is 6.32. The van der Waals surface area contributed by atoms with E-state index in [4.69, 9.17) is 21.1 Å². The number of nitrogens with zero attached hydrogens (tertiary/aromatic N) is 1. The van der Waals surface area contributed by atoms with E-state index in [1.807, 2.05) is 18.2 Å². The smallest absolute Gasteiger partial charge is 0.308 e. The van der Waals surface area contributed by atoms with Crippen LogP contribution in [0.15, 0.2) is 18.2 Å². The molecule has 0 spiro atoms. The summed E-state index contributed by atoms with van der Waals surface area (Å²) in [6.45, 7) is 1.68. The molecule has 104 valence electrons. The average Bonchev–Trinajstić information content (AvgIpc) is 2.47. The predicted octanol–water partition coefficient (Wildman–Crippen LogP) is 2.74. The Morgan fingerprint density at radius 1 is 1.32 bits per heavy atom. The molecule has 1 saturated heterocycles. The van der Waals surface area contributed by atoms with Gasteiger partial charge in [-0.2, -0.15) is 0 Å². The molecule has 0 amide bonds. The van der Waals surface area contributed by atoms with Gasteiger partial charge in [-0.25, -0.2) is 0 Å². The third-order valence-corrected chi connectivity index (χ3v) is 3.84. The average molecular weight is 284 g/mol. The van der Waals surface area contributed by atoms with Crippen LogP contribution in [0.4, 0.5) is 5.69 Å². The van der Waals surface area contributed by atoms with Gasteiger partial charge in [0.2, 0.25) is 0 Å². The molecule has 1 aromatic carbocycles. The quantitative estimate of drug-likeness (QED) is 0.800. The molecule has 0 aliphatic carbocycles. The van der Waals surface area contributed by atoms with Gasteiger partial charge in [0.1, 0.15) is 5.75 Å². The molecular weight excluding hydrogens is 266 g/mol. The van der Waals surface area contributed by atoms with Crippen LogP contribution in [0, 0.1) is 5.92 Å². The van der Waals surface area contributed by atoms with Gasteiger partial charge in [-0.05, 0) is 25.0 Å². The summed E-state index contributed by atoms with van der Waals surface area (Å²) in [5.74, 6) is 0.595. The number of esters is 1. The summed E-state index contributed by atoms with van der Waals surface area (Å²) in [4.78, 5) is 13.7. The van der Waals surface area contributed by atoms with Crippen molar-refractivity contribution < 1.29 is 14.3 Å². The van der Waals surface area contributed by atoms with E-state index in [0.29, 0.717) is 10.8 Å². The molecule has 0 saturated carbocycles. The fourth-order valence-electron chi connectivity index (χ4n) is 2.39. The highest BCUT2D eigenvalue weighted by Gasteiger charge is 2.25. The highest BCUT2D eigenvalue weighted by atomic mass is 35.5. The van der Waals surface area contributed by atoms with Gasteiger partial charge in [0.15, 0.2) is 0 Å². The van der Waals surface area contributed by atoms with E-state index in [1.165, 1.54) is 7.11 Å². The zero-order chi connectivity index (χ0) is 13.8. The van der Waals surface area contributed by atoms with Crippen molar-refractivity contribution in [2.45, 2.75) is 12.8 Å². The number of carbonyl (C=O) groups is 1. The molecule has 4 nitrogen and oxygen atoms in total. The molecule has 0 bridgehead atoms. The van der Waals surface area contributed by atoms with Crippen LogP contribution in [0.25, 0.3) is 0 Å². The predicted molar refractivity (Wildman–Crippen MR) is 75.0 cm³/mol. The van der Waals surface area contributed by atoms with Crippen molar-refractivity contribution in [3.63, 3.8) is 0 Å². The van der Waals surface area contributed by atoms with Crippen LogP contribution >= 0.6 is 11.6 Å². The third-order valence-electron chi connectivity index (χ3n) is 3.53. The van der Waals surface area contributed by atoms with E-state index in [0.717, 1.165) is 31.6 Å². The minimum Gasteiger partial charge on any atom is -0.495 e. The molecular formula is C14H18ClNO3.